The molecule has 0 aliphatic carbocycles. The maximum absolute atomic E-state index is 12.6. The summed E-state index contributed by atoms with van der Waals surface area (Å²) < 4.78 is 17.1. The van der Waals surface area contributed by atoms with E-state index in [0.717, 1.165) is 16.5 Å². The van der Waals surface area contributed by atoms with Crippen LogP contribution in [0.2, 0.25) is 0 Å². The Morgan fingerprint density at radius 3 is 2.89 bits per heavy atom. The van der Waals surface area contributed by atoms with Crippen molar-refractivity contribution in [1.29, 1.82) is 0 Å². The van der Waals surface area contributed by atoms with Crippen LogP contribution in [0.5, 0.6) is 0 Å². The number of alkyl carbamates (subject to hydrolysis) is 1. The summed E-state index contributed by atoms with van der Waals surface area (Å²) in [5.41, 5.74) is 9.72. The Balaban J connectivity index is 1.42. The van der Waals surface area contributed by atoms with E-state index in [9.17, 15) is 19.2 Å². The number of hydrogen-bond donors (Lipinski definition) is 3. The third-order valence-corrected chi connectivity index (χ3v) is 6.12. The highest BCUT2D eigenvalue weighted by atomic mass is 16.6. The molecule has 0 saturated carbocycles. The monoisotopic (exact) mass is 511 g/mol. The van der Waals surface area contributed by atoms with Gasteiger partial charge in [-0.2, -0.15) is 0 Å². The number of para-hydroxylation sites is 1. The number of aryl methyl sites for hydroxylation is 1. The van der Waals surface area contributed by atoms with E-state index in [1.165, 1.54) is 24.8 Å². The van der Waals surface area contributed by atoms with Crippen molar-refractivity contribution in [3.63, 3.8) is 0 Å². The van der Waals surface area contributed by atoms with Gasteiger partial charge >= 0.3 is 17.8 Å². The zero-order valence-corrected chi connectivity index (χ0v) is 20.0. The second-order valence-corrected chi connectivity index (χ2v) is 8.50. The largest absolute Gasteiger partial charge is 0.467 e. The van der Waals surface area contributed by atoms with Crippen molar-refractivity contribution in [2.75, 3.05) is 13.7 Å². The molecule has 3 aromatic rings. The minimum atomic E-state index is -1.02. The molecule has 3 heterocycles. The summed E-state index contributed by atoms with van der Waals surface area (Å²) in [5.74, 6) is -0.654. The molecule has 1 saturated heterocycles. The number of azide groups is 1. The van der Waals surface area contributed by atoms with E-state index in [4.69, 9.17) is 19.7 Å². The van der Waals surface area contributed by atoms with Gasteiger partial charge in [-0.15, -0.1) is 0 Å². The fourth-order valence-electron chi connectivity index (χ4n) is 4.22. The molecule has 37 heavy (non-hydrogen) atoms. The maximum Gasteiger partial charge on any atom is 0.407 e. The fourth-order valence-corrected chi connectivity index (χ4v) is 4.22. The number of aromatic amines is 2. The predicted octanol–water partition coefficient (Wildman–Crippen LogP) is 1.80. The fraction of sp³-hybridized carbons (Fsp3) is 0.391. The standard InChI is InChI=1S/C23H25N7O7/c1-12-10-30(22(33)27-20(12)31)19-8-16(28-29-24)18(37-19)11-36-23(34)26-17(21(32)35-2)7-13-9-25-15-6-4-3-5-14(13)15/h3-6,9-10,16-19,25H,7-8,11H2,1-2H3,(H,26,34)(H,27,31,33)/t16-,17+,18+,19+/m0/s1. The molecule has 194 valence electrons. The smallest absolute Gasteiger partial charge is 0.407 e. The van der Waals surface area contributed by atoms with Crippen LogP contribution in [0.3, 0.4) is 0 Å². The molecule has 14 nitrogen and oxygen atoms in total. The van der Waals surface area contributed by atoms with Gasteiger partial charge in [-0.1, -0.05) is 23.3 Å². The van der Waals surface area contributed by atoms with Crippen molar-refractivity contribution >= 4 is 23.0 Å². The molecule has 1 fully saturated rings. The Kier molecular flexibility index (Phi) is 7.60. The lowest BCUT2D eigenvalue weighted by Crippen LogP contribution is -2.44. The third kappa shape index (κ3) is 5.66. The maximum atomic E-state index is 12.6. The average molecular weight is 511 g/mol. The lowest BCUT2D eigenvalue weighted by molar-refractivity contribution is -0.143. The van der Waals surface area contributed by atoms with Crippen LogP contribution in [0.4, 0.5) is 4.79 Å². The minimum Gasteiger partial charge on any atom is -0.467 e. The van der Waals surface area contributed by atoms with Crippen molar-refractivity contribution in [3.05, 3.63) is 79.1 Å². The predicted molar refractivity (Wildman–Crippen MR) is 130 cm³/mol. The minimum absolute atomic E-state index is 0.121. The number of ether oxygens (including phenoxy) is 3. The van der Waals surface area contributed by atoms with Crippen LogP contribution < -0.4 is 16.6 Å². The van der Waals surface area contributed by atoms with Gasteiger partial charge < -0.3 is 24.5 Å². The Labute approximate surface area is 209 Å². The highest BCUT2D eigenvalue weighted by Crippen LogP contribution is 2.30. The van der Waals surface area contributed by atoms with Crippen LogP contribution in [0.25, 0.3) is 21.3 Å². The van der Waals surface area contributed by atoms with Crippen molar-refractivity contribution in [3.8, 4) is 0 Å². The van der Waals surface area contributed by atoms with Crippen LogP contribution in [0.15, 0.2) is 51.4 Å². The van der Waals surface area contributed by atoms with Crippen molar-refractivity contribution < 1.29 is 23.8 Å². The van der Waals surface area contributed by atoms with Crippen molar-refractivity contribution in [2.45, 2.75) is 44.2 Å². The van der Waals surface area contributed by atoms with Crippen molar-refractivity contribution in [2.24, 2.45) is 5.11 Å². The van der Waals surface area contributed by atoms with Gasteiger partial charge in [0, 0.05) is 46.6 Å². The number of nitrogens with zero attached hydrogens (tertiary/aromatic N) is 4. The topological polar surface area (TPSA) is 193 Å². The van der Waals surface area contributed by atoms with E-state index < -0.39 is 47.7 Å². The van der Waals surface area contributed by atoms with Crippen LogP contribution in [0.1, 0.15) is 23.8 Å². The number of carbonyl (C=O) groups excluding carboxylic acids is 2. The van der Waals surface area contributed by atoms with E-state index in [0.29, 0.717) is 5.56 Å². The molecule has 4 atom stereocenters. The summed E-state index contributed by atoms with van der Waals surface area (Å²) in [5, 5.41) is 7.10. The van der Waals surface area contributed by atoms with E-state index in [1.807, 2.05) is 24.3 Å². The first-order valence-electron chi connectivity index (χ1n) is 11.4. The number of rotatable bonds is 8. The Morgan fingerprint density at radius 1 is 1.35 bits per heavy atom. The van der Waals surface area contributed by atoms with Crippen LogP contribution in [0, 0.1) is 6.92 Å². The third-order valence-electron chi connectivity index (χ3n) is 6.12. The Bertz CT molecular complexity index is 1470. The molecule has 1 aromatic carbocycles. The normalized spacial score (nSPS) is 19.7. The molecular weight excluding hydrogens is 486 g/mol. The SMILES string of the molecule is COC(=O)[C@@H](Cc1c[nH]c2ccccc12)NC(=O)OC[C@H]1O[C@@H](n2cc(C)c(=O)[nH]c2=O)C[C@@H]1N=[N+]=[N-]. The van der Waals surface area contributed by atoms with Gasteiger partial charge in [-0.25, -0.2) is 14.4 Å². The summed E-state index contributed by atoms with van der Waals surface area (Å²) in [4.78, 5) is 56.9. The molecule has 0 spiro atoms. The number of carbonyl (C=O) groups is 2. The average Bonchev–Trinajstić information content (AvgIpc) is 3.48. The summed E-state index contributed by atoms with van der Waals surface area (Å²) in [6.45, 7) is 1.22. The summed E-state index contributed by atoms with van der Waals surface area (Å²) in [6.07, 6.45) is 0.765. The first-order chi connectivity index (χ1) is 17.8. The number of nitrogens with one attached hydrogen (secondary N) is 3. The number of H-pyrrole nitrogens is 2. The van der Waals surface area contributed by atoms with Gasteiger partial charge in [0.1, 0.15) is 25.0 Å². The summed E-state index contributed by atoms with van der Waals surface area (Å²) in [7, 11) is 1.22. The molecule has 1 amide bonds. The number of aromatic nitrogens is 3. The number of benzene rings is 1. The molecule has 1 aliphatic heterocycles. The van der Waals surface area contributed by atoms with E-state index >= 15 is 0 Å². The molecule has 0 radical (unpaired) electrons. The number of fused-ring (bicyclic) bond motifs is 1. The molecule has 3 N–H and O–H groups in total. The van der Waals surface area contributed by atoms with Gasteiger partial charge in [0.15, 0.2) is 0 Å². The van der Waals surface area contributed by atoms with Crippen LogP contribution in [-0.2, 0) is 25.4 Å². The number of methoxy groups -OCH3 is 1. The van der Waals surface area contributed by atoms with Crippen molar-refractivity contribution in [1.82, 2.24) is 19.9 Å². The summed E-state index contributed by atoms with van der Waals surface area (Å²) >= 11 is 0. The first kappa shape index (κ1) is 25.5. The number of esters is 1. The van der Waals surface area contributed by atoms with Gasteiger partial charge in [-0.3, -0.25) is 14.3 Å². The van der Waals surface area contributed by atoms with Crippen LogP contribution in [-0.4, -0.2) is 58.5 Å². The zero-order chi connectivity index (χ0) is 26.5. The van der Waals surface area contributed by atoms with Crippen LogP contribution >= 0.6 is 0 Å². The molecule has 1 aliphatic rings. The van der Waals surface area contributed by atoms with Gasteiger partial charge in [-0.05, 0) is 24.1 Å². The molecule has 4 rings (SSSR count). The lowest BCUT2D eigenvalue weighted by Gasteiger charge is -2.19. The number of amides is 1. The Hall–Kier alpha value is -4.55. The molecule has 14 heteroatoms. The molecular formula is C23H25N7O7. The molecule has 2 aromatic heterocycles. The summed E-state index contributed by atoms with van der Waals surface area (Å²) in [6, 6.07) is 5.77. The number of hydrogen-bond acceptors (Lipinski definition) is 8. The van der Waals surface area contributed by atoms with Gasteiger partial charge in [0.05, 0.1) is 13.2 Å². The lowest BCUT2D eigenvalue weighted by atomic mass is 10.1. The van der Waals surface area contributed by atoms with E-state index in [-0.39, 0.29) is 19.4 Å². The van der Waals surface area contributed by atoms with Gasteiger partial charge in [0.25, 0.3) is 5.56 Å². The second-order valence-electron chi connectivity index (χ2n) is 8.50. The van der Waals surface area contributed by atoms with E-state index in [1.54, 1.807) is 6.20 Å². The zero-order valence-electron chi connectivity index (χ0n) is 20.0. The quantitative estimate of drug-likeness (QED) is 0.177. The Morgan fingerprint density at radius 2 is 2.14 bits per heavy atom. The van der Waals surface area contributed by atoms with E-state index in [2.05, 4.69) is 25.3 Å². The molecule has 0 bridgehead atoms. The van der Waals surface area contributed by atoms with Gasteiger partial charge in [0.2, 0.25) is 0 Å². The highest BCUT2D eigenvalue weighted by Gasteiger charge is 2.37. The molecule has 0 unspecified atom stereocenters. The second kappa shape index (κ2) is 11.0. The highest BCUT2D eigenvalue weighted by molar-refractivity contribution is 5.86. The first-order valence-corrected chi connectivity index (χ1v) is 11.4.